The van der Waals surface area contributed by atoms with Crippen LogP contribution in [0.15, 0.2) is 24.3 Å². The highest BCUT2D eigenvalue weighted by molar-refractivity contribution is 7.63. The molecule has 3 aliphatic carbocycles. The molecule has 0 aliphatic heterocycles. The van der Waals surface area contributed by atoms with Gasteiger partial charge in [0.1, 0.15) is 0 Å². The normalized spacial score (nSPS) is 25.0. The molecule has 0 heterocycles. The van der Waals surface area contributed by atoms with Crippen molar-refractivity contribution in [3.8, 4) is 0 Å². The van der Waals surface area contributed by atoms with Gasteiger partial charge in [0.2, 0.25) is 0 Å². The van der Waals surface area contributed by atoms with E-state index in [1.165, 1.54) is 75.3 Å². The van der Waals surface area contributed by atoms with Crippen LogP contribution in [0.4, 0.5) is 0 Å². The molecule has 0 nitrogen and oxygen atoms in total. The summed E-state index contributed by atoms with van der Waals surface area (Å²) in [5.74, 6) is 1.56. The van der Waals surface area contributed by atoms with Crippen LogP contribution in [0.25, 0.3) is 0 Å². The van der Waals surface area contributed by atoms with Gasteiger partial charge in [-0.3, -0.25) is 0 Å². The Bertz CT molecular complexity index is 521. The predicted octanol–water partition coefficient (Wildman–Crippen LogP) is 7.22. The average Bonchev–Trinajstić information content (AvgIpc) is 3.13. The van der Waals surface area contributed by atoms with Crippen molar-refractivity contribution in [3.63, 3.8) is 0 Å². The summed E-state index contributed by atoms with van der Waals surface area (Å²) in [6.07, 6.45) is 22.0. The Morgan fingerprint density at radius 1 is 0.760 bits per heavy atom. The van der Waals surface area contributed by atoms with Gasteiger partial charge in [0.15, 0.2) is 0 Å². The summed E-state index contributed by atoms with van der Waals surface area (Å²) in [4.78, 5) is 0. The van der Waals surface area contributed by atoms with Crippen LogP contribution in [0.3, 0.4) is 0 Å². The summed E-state index contributed by atoms with van der Waals surface area (Å²) >= 11 is 0. The first kappa shape index (κ1) is 18.0. The largest absolute Gasteiger partial charge is 0.0917 e. The molecule has 3 saturated carbocycles. The summed E-state index contributed by atoms with van der Waals surface area (Å²) in [6, 6.07) is 8.99. The molecule has 0 aromatic heterocycles. The minimum Gasteiger partial charge on any atom is -0.0917 e. The highest BCUT2D eigenvalue weighted by atomic mass is 31.1. The summed E-state index contributed by atoms with van der Waals surface area (Å²) in [5.41, 5.74) is 6.61. The van der Waals surface area contributed by atoms with Crippen molar-refractivity contribution in [2.45, 2.75) is 82.4 Å². The summed E-state index contributed by atoms with van der Waals surface area (Å²) in [6.45, 7) is 2.27. The highest BCUT2D eigenvalue weighted by Crippen LogP contribution is 2.68. The Morgan fingerprint density at radius 2 is 1.36 bits per heavy atom. The molecule has 1 aromatic carbocycles. The van der Waals surface area contributed by atoms with Gasteiger partial charge < -0.3 is 0 Å². The van der Waals surface area contributed by atoms with Crippen molar-refractivity contribution in [1.29, 1.82) is 0 Å². The Morgan fingerprint density at radius 3 is 1.96 bits per heavy atom. The summed E-state index contributed by atoms with van der Waals surface area (Å²) < 4.78 is 0. The van der Waals surface area contributed by atoms with E-state index in [0.717, 1.165) is 11.3 Å². The van der Waals surface area contributed by atoms with E-state index >= 15 is 0 Å². The van der Waals surface area contributed by atoms with Gasteiger partial charge >= 0.3 is 0 Å². The van der Waals surface area contributed by atoms with E-state index in [4.69, 9.17) is 0 Å². The fourth-order valence-corrected chi connectivity index (χ4v) is 9.11. The molecule has 0 amide bonds. The maximum atomic E-state index is 2.50. The zero-order chi connectivity index (χ0) is 17.1. The highest BCUT2D eigenvalue weighted by Gasteiger charge is 2.43. The first-order chi connectivity index (χ1) is 12.3. The minimum atomic E-state index is -0.0119. The molecule has 0 atom stereocenters. The molecule has 3 fully saturated rings. The lowest BCUT2D eigenvalue weighted by atomic mass is 9.93. The second-order valence-corrected chi connectivity index (χ2v) is 10.9. The Hall–Kier alpha value is -0.350. The standard InChI is InChI=1S/C24H32P/c1-19-11-8-9-16-22(19)23-17-10-18-24(23)25(20-12-4-2-5-13-20)21-14-6-3-7-15-21/h8-11,16-18,20-21H,2-7,12-15H2,1H3. The SMILES string of the molecule is Cc1ccccc1[C]1[CH][CH][CH][C]1P(C1CCCCC1)C1CCCCC1. The van der Waals surface area contributed by atoms with Crippen LogP contribution in [-0.4, -0.2) is 11.3 Å². The van der Waals surface area contributed by atoms with Gasteiger partial charge in [0, 0.05) is 11.6 Å². The molecule has 25 heavy (non-hydrogen) atoms. The van der Waals surface area contributed by atoms with Gasteiger partial charge in [-0.2, -0.15) is 0 Å². The number of hydrogen-bond acceptors (Lipinski definition) is 0. The lowest BCUT2D eigenvalue weighted by Crippen LogP contribution is -2.25. The number of benzene rings is 1. The zero-order valence-electron chi connectivity index (χ0n) is 15.7. The van der Waals surface area contributed by atoms with E-state index in [9.17, 15) is 0 Å². The zero-order valence-corrected chi connectivity index (χ0v) is 16.6. The molecule has 0 bridgehead atoms. The molecule has 3 aliphatic rings. The van der Waals surface area contributed by atoms with Crippen LogP contribution in [0.5, 0.6) is 0 Å². The summed E-state index contributed by atoms with van der Waals surface area (Å²) in [7, 11) is -0.0119. The fourth-order valence-electron chi connectivity index (χ4n) is 5.15. The number of rotatable bonds is 4. The molecule has 5 radical (unpaired) electrons. The third-order valence-electron chi connectivity index (χ3n) is 6.44. The molecule has 1 heteroatoms. The van der Waals surface area contributed by atoms with Crippen LogP contribution in [0.1, 0.15) is 75.3 Å². The smallest absolute Gasteiger partial charge is 0.0206 e. The van der Waals surface area contributed by atoms with Crippen LogP contribution in [0.2, 0.25) is 0 Å². The fraction of sp³-hybridized carbons (Fsp3) is 0.542. The molecule has 0 spiro atoms. The Balaban J connectivity index is 1.61. The van der Waals surface area contributed by atoms with E-state index in [-0.39, 0.29) is 7.92 Å². The minimum absolute atomic E-state index is 0.0119. The maximum Gasteiger partial charge on any atom is 0.0206 e. The van der Waals surface area contributed by atoms with E-state index in [2.05, 4.69) is 50.5 Å². The van der Waals surface area contributed by atoms with Gasteiger partial charge in [0.05, 0.1) is 0 Å². The van der Waals surface area contributed by atoms with E-state index < -0.39 is 0 Å². The van der Waals surface area contributed by atoms with Gasteiger partial charge in [0.25, 0.3) is 0 Å². The average molecular weight is 351 g/mol. The third-order valence-corrected chi connectivity index (χ3v) is 10.00. The van der Waals surface area contributed by atoms with Crippen molar-refractivity contribution in [1.82, 2.24) is 0 Å². The van der Waals surface area contributed by atoms with Crippen LogP contribution in [0, 0.1) is 37.8 Å². The van der Waals surface area contributed by atoms with Crippen molar-refractivity contribution >= 4 is 7.92 Å². The predicted molar refractivity (Wildman–Crippen MR) is 110 cm³/mol. The summed E-state index contributed by atoms with van der Waals surface area (Å²) in [5, 5.41) is 0. The van der Waals surface area contributed by atoms with Crippen LogP contribution in [-0.2, 0) is 0 Å². The molecule has 133 valence electrons. The van der Waals surface area contributed by atoms with Gasteiger partial charge in [-0.05, 0) is 74.3 Å². The third kappa shape index (κ3) is 4.00. The molecule has 0 N–H and O–H groups in total. The van der Waals surface area contributed by atoms with Crippen molar-refractivity contribution < 1.29 is 0 Å². The van der Waals surface area contributed by atoms with Crippen molar-refractivity contribution in [3.05, 3.63) is 66.2 Å². The van der Waals surface area contributed by atoms with E-state index in [1.807, 2.05) is 0 Å². The monoisotopic (exact) mass is 351 g/mol. The molecule has 0 saturated heterocycles. The van der Waals surface area contributed by atoms with Gasteiger partial charge in [-0.1, -0.05) is 70.7 Å². The van der Waals surface area contributed by atoms with Crippen LogP contribution >= 0.6 is 7.92 Å². The number of aryl methyl sites for hydroxylation is 1. The quantitative estimate of drug-likeness (QED) is 0.502. The molecule has 1 aromatic rings. The van der Waals surface area contributed by atoms with Crippen LogP contribution < -0.4 is 0 Å². The van der Waals surface area contributed by atoms with Crippen molar-refractivity contribution in [2.24, 2.45) is 0 Å². The molecular weight excluding hydrogens is 319 g/mol. The van der Waals surface area contributed by atoms with Gasteiger partial charge in [-0.25, -0.2) is 0 Å². The van der Waals surface area contributed by atoms with E-state index in [1.54, 1.807) is 11.6 Å². The second kappa shape index (κ2) is 8.56. The molecule has 4 rings (SSSR count). The Kier molecular flexibility index (Phi) is 6.17. The first-order valence-corrected chi connectivity index (χ1v) is 11.9. The topological polar surface area (TPSA) is 0 Å². The molecular formula is C24H32P. The van der Waals surface area contributed by atoms with E-state index in [0.29, 0.717) is 0 Å². The first-order valence-electron chi connectivity index (χ1n) is 10.4. The maximum absolute atomic E-state index is 2.50. The lowest BCUT2D eigenvalue weighted by molar-refractivity contribution is 0.485. The number of hydrogen-bond donors (Lipinski definition) is 0. The Labute approximate surface area is 156 Å². The van der Waals surface area contributed by atoms with Gasteiger partial charge in [-0.15, -0.1) is 0 Å². The van der Waals surface area contributed by atoms with Crippen molar-refractivity contribution in [2.75, 3.05) is 0 Å². The second-order valence-electron chi connectivity index (χ2n) is 8.13. The molecule has 0 unspecified atom stereocenters. The lowest BCUT2D eigenvalue weighted by Gasteiger charge is -2.43.